The molecule has 0 radical (unpaired) electrons. The van der Waals surface area contributed by atoms with Gasteiger partial charge in [-0.3, -0.25) is 0 Å². The second kappa shape index (κ2) is 6.44. The standard InChI is InChI=1S/C18H16O5/c1-21-14-4-2-3-12(9-14)10-15(18(19)20)13-5-6-16-17(11-13)23-8-7-22-16/h2-6,9-11H,7-8H2,1H3,(H,19,20)/b15-10-. The largest absolute Gasteiger partial charge is 0.497 e. The predicted octanol–water partition coefficient (Wildman–Crippen LogP) is 3.09. The molecule has 0 aromatic heterocycles. The Hall–Kier alpha value is -2.95. The topological polar surface area (TPSA) is 65.0 Å². The van der Waals surface area contributed by atoms with Crippen LogP contribution in [0.4, 0.5) is 0 Å². The maximum atomic E-state index is 11.7. The van der Waals surface area contributed by atoms with E-state index in [2.05, 4.69) is 0 Å². The first-order valence-electron chi connectivity index (χ1n) is 7.16. The highest BCUT2D eigenvalue weighted by Crippen LogP contribution is 2.33. The lowest BCUT2D eigenvalue weighted by Gasteiger charge is -2.19. The predicted molar refractivity (Wildman–Crippen MR) is 85.9 cm³/mol. The van der Waals surface area contributed by atoms with Crippen LogP contribution in [0.5, 0.6) is 17.2 Å². The van der Waals surface area contributed by atoms with Crippen molar-refractivity contribution in [3.05, 3.63) is 53.6 Å². The molecule has 0 spiro atoms. The van der Waals surface area contributed by atoms with E-state index in [1.54, 1.807) is 37.5 Å². The quantitative estimate of drug-likeness (QED) is 0.694. The summed E-state index contributed by atoms with van der Waals surface area (Å²) in [6.07, 6.45) is 1.61. The summed E-state index contributed by atoms with van der Waals surface area (Å²) in [6.45, 7) is 0.955. The Labute approximate surface area is 133 Å². The Morgan fingerprint density at radius 2 is 1.91 bits per heavy atom. The highest BCUT2D eigenvalue weighted by molar-refractivity contribution is 6.20. The van der Waals surface area contributed by atoms with Crippen LogP contribution in [-0.2, 0) is 4.79 Å². The second-order valence-electron chi connectivity index (χ2n) is 5.00. The average Bonchev–Trinajstić information content (AvgIpc) is 2.59. The molecule has 118 valence electrons. The first-order valence-corrected chi connectivity index (χ1v) is 7.16. The molecule has 0 amide bonds. The molecule has 2 aromatic carbocycles. The summed E-state index contributed by atoms with van der Waals surface area (Å²) in [5.41, 5.74) is 1.48. The SMILES string of the molecule is COc1cccc(/C=C(\C(=O)O)c2ccc3c(c2)OCCO3)c1. The van der Waals surface area contributed by atoms with E-state index in [9.17, 15) is 9.90 Å². The van der Waals surface area contributed by atoms with Gasteiger partial charge in [-0.05, 0) is 41.5 Å². The fourth-order valence-corrected chi connectivity index (χ4v) is 2.38. The van der Waals surface area contributed by atoms with Gasteiger partial charge in [0.05, 0.1) is 12.7 Å². The van der Waals surface area contributed by atoms with Gasteiger partial charge in [-0.1, -0.05) is 18.2 Å². The molecule has 2 aromatic rings. The molecule has 0 unspecified atom stereocenters. The van der Waals surface area contributed by atoms with Gasteiger partial charge in [-0.15, -0.1) is 0 Å². The third-order valence-corrected chi connectivity index (χ3v) is 3.49. The van der Waals surface area contributed by atoms with Gasteiger partial charge < -0.3 is 19.3 Å². The van der Waals surface area contributed by atoms with E-state index in [0.717, 1.165) is 5.56 Å². The Morgan fingerprint density at radius 1 is 1.13 bits per heavy atom. The minimum atomic E-state index is -1.01. The van der Waals surface area contributed by atoms with Crippen LogP contribution in [0.25, 0.3) is 11.6 Å². The van der Waals surface area contributed by atoms with Gasteiger partial charge in [0, 0.05) is 0 Å². The van der Waals surface area contributed by atoms with Gasteiger partial charge in [0.25, 0.3) is 0 Å². The van der Waals surface area contributed by atoms with Crippen molar-refractivity contribution in [3.63, 3.8) is 0 Å². The number of methoxy groups -OCH3 is 1. The summed E-state index contributed by atoms with van der Waals surface area (Å²) in [6, 6.07) is 12.4. The van der Waals surface area contributed by atoms with Gasteiger partial charge in [-0.2, -0.15) is 0 Å². The number of hydrogen-bond donors (Lipinski definition) is 1. The van der Waals surface area contributed by atoms with E-state index in [1.165, 1.54) is 0 Å². The first kappa shape index (κ1) is 15.0. The average molecular weight is 312 g/mol. The molecule has 1 heterocycles. The van der Waals surface area contributed by atoms with Crippen LogP contribution in [0.15, 0.2) is 42.5 Å². The van der Waals surface area contributed by atoms with E-state index in [-0.39, 0.29) is 5.57 Å². The van der Waals surface area contributed by atoms with Crippen molar-refractivity contribution in [2.24, 2.45) is 0 Å². The lowest BCUT2D eigenvalue weighted by Crippen LogP contribution is -2.15. The molecule has 3 rings (SSSR count). The van der Waals surface area contributed by atoms with Crippen LogP contribution in [0.1, 0.15) is 11.1 Å². The zero-order chi connectivity index (χ0) is 16.2. The van der Waals surface area contributed by atoms with Crippen molar-refractivity contribution >= 4 is 17.6 Å². The molecule has 23 heavy (non-hydrogen) atoms. The number of carboxylic acids is 1. The van der Waals surface area contributed by atoms with Gasteiger partial charge in [-0.25, -0.2) is 4.79 Å². The van der Waals surface area contributed by atoms with Crippen molar-refractivity contribution in [1.29, 1.82) is 0 Å². The van der Waals surface area contributed by atoms with Crippen molar-refractivity contribution in [2.75, 3.05) is 20.3 Å². The number of rotatable bonds is 4. The monoisotopic (exact) mass is 312 g/mol. The minimum Gasteiger partial charge on any atom is -0.497 e. The Morgan fingerprint density at radius 3 is 2.65 bits per heavy atom. The van der Waals surface area contributed by atoms with Crippen LogP contribution < -0.4 is 14.2 Å². The van der Waals surface area contributed by atoms with Crippen LogP contribution in [-0.4, -0.2) is 31.4 Å². The van der Waals surface area contributed by atoms with Gasteiger partial charge in [0.1, 0.15) is 19.0 Å². The number of aliphatic carboxylic acids is 1. The van der Waals surface area contributed by atoms with Crippen LogP contribution in [0.3, 0.4) is 0 Å². The normalized spacial score (nSPS) is 13.5. The maximum absolute atomic E-state index is 11.7. The summed E-state index contributed by atoms with van der Waals surface area (Å²) in [5.74, 6) is 0.854. The van der Waals surface area contributed by atoms with Crippen molar-refractivity contribution in [3.8, 4) is 17.2 Å². The van der Waals surface area contributed by atoms with E-state index in [4.69, 9.17) is 14.2 Å². The molecule has 0 aliphatic carbocycles. The fourth-order valence-electron chi connectivity index (χ4n) is 2.38. The number of ether oxygens (including phenoxy) is 3. The molecular weight excluding hydrogens is 296 g/mol. The minimum absolute atomic E-state index is 0.176. The van der Waals surface area contributed by atoms with Crippen LogP contribution in [0, 0.1) is 0 Å². The highest BCUT2D eigenvalue weighted by atomic mass is 16.6. The molecule has 0 saturated heterocycles. The van der Waals surface area contributed by atoms with Crippen molar-refractivity contribution in [2.45, 2.75) is 0 Å². The Balaban J connectivity index is 2.01. The molecule has 0 bridgehead atoms. The molecule has 0 fully saturated rings. The highest BCUT2D eigenvalue weighted by Gasteiger charge is 2.16. The van der Waals surface area contributed by atoms with E-state index in [0.29, 0.717) is 36.0 Å². The van der Waals surface area contributed by atoms with E-state index < -0.39 is 5.97 Å². The molecule has 1 aliphatic rings. The molecule has 5 heteroatoms. The molecule has 5 nitrogen and oxygen atoms in total. The summed E-state index contributed by atoms with van der Waals surface area (Å²) in [4.78, 5) is 11.7. The second-order valence-corrected chi connectivity index (χ2v) is 5.00. The number of carboxylic acid groups (broad SMARTS) is 1. The molecule has 0 saturated carbocycles. The summed E-state index contributed by atoms with van der Waals surface area (Å²) >= 11 is 0. The van der Waals surface area contributed by atoms with Crippen molar-refractivity contribution < 1.29 is 24.1 Å². The molecule has 1 aliphatic heterocycles. The van der Waals surface area contributed by atoms with Crippen LogP contribution in [0.2, 0.25) is 0 Å². The maximum Gasteiger partial charge on any atom is 0.336 e. The Kier molecular flexibility index (Phi) is 4.19. The van der Waals surface area contributed by atoms with Gasteiger partial charge in [0.15, 0.2) is 11.5 Å². The van der Waals surface area contributed by atoms with Crippen molar-refractivity contribution in [1.82, 2.24) is 0 Å². The Bertz CT molecular complexity index is 764. The lowest BCUT2D eigenvalue weighted by atomic mass is 10.0. The summed E-state index contributed by atoms with van der Waals surface area (Å²) in [7, 11) is 1.57. The smallest absolute Gasteiger partial charge is 0.336 e. The molecular formula is C18H16O5. The van der Waals surface area contributed by atoms with Gasteiger partial charge in [0.2, 0.25) is 0 Å². The van der Waals surface area contributed by atoms with Gasteiger partial charge >= 0.3 is 5.97 Å². The van der Waals surface area contributed by atoms with Crippen LogP contribution >= 0.6 is 0 Å². The third-order valence-electron chi connectivity index (χ3n) is 3.49. The zero-order valence-corrected chi connectivity index (χ0v) is 12.6. The molecule has 1 N–H and O–H groups in total. The zero-order valence-electron chi connectivity index (χ0n) is 12.6. The summed E-state index contributed by atoms with van der Waals surface area (Å²) in [5, 5.41) is 9.55. The summed E-state index contributed by atoms with van der Waals surface area (Å²) < 4.78 is 16.1. The number of carbonyl (C=O) groups is 1. The molecule has 0 atom stereocenters. The number of hydrogen-bond acceptors (Lipinski definition) is 4. The first-order chi connectivity index (χ1) is 11.2. The fraction of sp³-hybridized carbons (Fsp3) is 0.167. The lowest BCUT2D eigenvalue weighted by molar-refractivity contribution is -0.130. The van der Waals surface area contributed by atoms with E-state index >= 15 is 0 Å². The van der Waals surface area contributed by atoms with E-state index in [1.807, 2.05) is 18.2 Å². The third kappa shape index (κ3) is 3.29. The number of benzene rings is 2. The number of fused-ring (bicyclic) bond motifs is 1.